The molecule has 0 bridgehead atoms. The standard InChI is InChI=1S/C14H19N3/c1-14(7-3-2-4-8-14)11-17-13-6-5-12(9-15)10-16-13/h5-6,10H,2-4,7-8,11H2,1H3,(H,16,17). The van der Waals surface area contributed by atoms with Crippen molar-refractivity contribution < 1.29 is 0 Å². The maximum Gasteiger partial charge on any atom is 0.125 e. The number of aromatic nitrogens is 1. The Bertz CT molecular complexity index is 396. The molecule has 0 amide bonds. The molecule has 3 nitrogen and oxygen atoms in total. The van der Waals surface area contributed by atoms with Gasteiger partial charge in [0.1, 0.15) is 11.9 Å². The smallest absolute Gasteiger partial charge is 0.125 e. The molecule has 2 rings (SSSR count). The number of hydrogen-bond donors (Lipinski definition) is 1. The van der Waals surface area contributed by atoms with E-state index in [0.717, 1.165) is 12.4 Å². The van der Waals surface area contributed by atoms with Crippen LogP contribution in [0.2, 0.25) is 0 Å². The van der Waals surface area contributed by atoms with Crippen molar-refractivity contribution in [2.45, 2.75) is 39.0 Å². The minimum atomic E-state index is 0.411. The molecule has 17 heavy (non-hydrogen) atoms. The molecule has 3 heteroatoms. The van der Waals surface area contributed by atoms with E-state index in [2.05, 4.69) is 23.3 Å². The van der Waals surface area contributed by atoms with Crippen LogP contribution in [0, 0.1) is 16.7 Å². The highest BCUT2D eigenvalue weighted by Crippen LogP contribution is 2.35. The number of nitrogens with zero attached hydrogens (tertiary/aromatic N) is 2. The molecule has 1 aliphatic rings. The molecule has 0 aliphatic heterocycles. The van der Waals surface area contributed by atoms with Crippen LogP contribution in [0.15, 0.2) is 18.3 Å². The number of rotatable bonds is 3. The van der Waals surface area contributed by atoms with Gasteiger partial charge in [0.25, 0.3) is 0 Å². The van der Waals surface area contributed by atoms with Crippen LogP contribution >= 0.6 is 0 Å². The predicted octanol–water partition coefficient (Wildman–Crippen LogP) is 3.34. The summed E-state index contributed by atoms with van der Waals surface area (Å²) in [7, 11) is 0. The SMILES string of the molecule is CC1(CNc2ccc(C#N)cn2)CCCCC1. The van der Waals surface area contributed by atoms with E-state index in [1.165, 1.54) is 32.1 Å². The third-order valence-electron chi connectivity index (χ3n) is 3.65. The fraction of sp³-hybridized carbons (Fsp3) is 0.571. The Balaban J connectivity index is 1.90. The third kappa shape index (κ3) is 3.20. The van der Waals surface area contributed by atoms with Crippen LogP contribution in [-0.4, -0.2) is 11.5 Å². The van der Waals surface area contributed by atoms with Gasteiger partial charge >= 0.3 is 0 Å². The maximum absolute atomic E-state index is 8.69. The molecule has 1 aromatic rings. The fourth-order valence-electron chi connectivity index (χ4n) is 2.45. The van der Waals surface area contributed by atoms with Crippen LogP contribution < -0.4 is 5.32 Å². The van der Waals surface area contributed by atoms with E-state index >= 15 is 0 Å². The number of anilines is 1. The first-order chi connectivity index (χ1) is 8.22. The topological polar surface area (TPSA) is 48.7 Å². The quantitative estimate of drug-likeness (QED) is 0.864. The summed E-state index contributed by atoms with van der Waals surface area (Å²) < 4.78 is 0. The molecule has 1 N–H and O–H groups in total. The summed E-state index contributed by atoms with van der Waals surface area (Å²) in [6.07, 6.45) is 8.29. The Kier molecular flexibility index (Phi) is 3.63. The first-order valence-electron chi connectivity index (χ1n) is 6.32. The Morgan fingerprint density at radius 3 is 2.71 bits per heavy atom. The minimum Gasteiger partial charge on any atom is -0.370 e. The molecular weight excluding hydrogens is 210 g/mol. The molecule has 0 spiro atoms. The van der Waals surface area contributed by atoms with E-state index in [-0.39, 0.29) is 0 Å². The summed E-state index contributed by atoms with van der Waals surface area (Å²) >= 11 is 0. The second-order valence-electron chi connectivity index (χ2n) is 5.27. The maximum atomic E-state index is 8.69. The molecule has 0 aromatic carbocycles. The summed E-state index contributed by atoms with van der Waals surface area (Å²) in [5.74, 6) is 0.871. The lowest BCUT2D eigenvalue weighted by Crippen LogP contribution is -2.29. The summed E-state index contributed by atoms with van der Waals surface area (Å²) in [6, 6.07) is 5.76. The van der Waals surface area contributed by atoms with Crippen molar-refractivity contribution >= 4 is 5.82 Å². The van der Waals surface area contributed by atoms with Crippen LogP contribution in [0.3, 0.4) is 0 Å². The van der Waals surface area contributed by atoms with Crippen molar-refractivity contribution in [1.82, 2.24) is 4.98 Å². The van der Waals surface area contributed by atoms with Crippen molar-refractivity contribution in [2.75, 3.05) is 11.9 Å². The highest BCUT2D eigenvalue weighted by atomic mass is 15.0. The fourth-order valence-corrected chi connectivity index (χ4v) is 2.45. The summed E-state index contributed by atoms with van der Waals surface area (Å²) in [6.45, 7) is 3.33. The van der Waals surface area contributed by atoms with E-state index in [9.17, 15) is 0 Å². The second kappa shape index (κ2) is 5.18. The van der Waals surface area contributed by atoms with Crippen LogP contribution in [0.4, 0.5) is 5.82 Å². The lowest BCUT2D eigenvalue weighted by Gasteiger charge is -2.33. The Labute approximate surface area is 103 Å². The molecule has 1 fully saturated rings. The molecule has 0 radical (unpaired) electrons. The first-order valence-corrected chi connectivity index (χ1v) is 6.32. The Morgan fingerprint density at radius 2 is 2.12 bits per heavy atom. The van der Waals surface area contributed by atoms with Gasteiger partial charge in [-0.05, 0) is 30.4 Å². The van der Waals surface area contributed by atoms with Gasteiger partial charge in [0.15, 0.2) is 0 Å². The first kappa shape index (κ1) is 11.9. The molecule has 0 atom stereocenters. The average molecular weight is 229 g/mol. The zero-order valence-electron chi connectivity index (χ0n) is 10.4. The van der Waals surface area contributed by atoms with Crippen LogP contribution in [-0.2, 0) is 0 Å². The summed E-state index contributed by atoms with van der Waals surface area (Å²) in [5.41, 5.74) is 1.02. The third-order valence-corrected chi connectivity index (χ3v) is 3.65. The lowest BCUT2D eigenvalue weighted by molar-refractivity contribution is 0.233. The zero-order valence-corrected chi connectivity index (χ0v) is 10.4. The molecule has 1 aromatic heterocycles. The van der Waals surface area contributed by atoms with Crippen molar-refractivity contribution in [3.8, 4) is 6.07 Å². The molecule has 90 valence electrons. The van der Waals surface area contributed by atoms with Gasteiger partial charge in [0, 0.05) is 12.7 Å². The number of nitrogens with one attached hydrogen (secondary N) is 1. The van der Waals surface area contributed by atoms with Crippen molar-refractivity contribution in [3.05, 3.63) is 23.9 Å². The molecule has 1 aliphatic carbocycles. The van der Waals surface area contributed by atoms with Gasteiger partial charge in [-0.25, -0.2) is 4.98 Å². The monoisotopic (exact) mass is 229 g/mol. The predicted molar refractivity (Wildman–Crippen MR) is 68.6 cm³/mol. The second-order valence-corrected chi connectivity index (χ2v) is 5.27. The zero-order chi connectivity index (χ0) is 12.1. The van der Waals surface area contributed by atoms with Gasteiger partial charge < -0.3 is 5.32 Å². The van der Waals surface area contributed by atoms with E-state index in [1.807, 2.05) is 6.07 Å². The summed E-state index contributed by atoms with van der Waals surface area (Å²) in [5, 5.41) is 12.1. The van der Waals surface area contributed by atoms with Crippen LogP contribution in [0.5, 0.6) is 0 Å². The summed E-state index contributed by atoms with van der Waals surface area (Å²) in [4.78, 5) is 4.23. The van der Waals surface area contributed by atoms with Gasteiger partial charge in [0.05, 0.1) is 5.56 Å². The largest absolute Gasteiger partial charge is 0.370 e. The van der Waals surface area contributed by atoms with E-state index in [0.29, 0.717) is 11.0 Å². The van der Waals surface area contributed by atoms with E-state index in [1.54, 1.807) is 12.3 Å². The van der Waals surface area contributed by atoms with Crippen molar-refractivity contribution in [2.24, 2.45) is 5.41 Å². The van der Waals surface area contributed by atoms with Gasteiger partial charge in [-0.15, -0.1) is 0 Å². The molecule has 0 saturated heterocycles. The number of nitriles is 1. The van der Waals surface area contributed by atoms with Gasteiger partial charge in [-0.2, -0.15) is 5.26 Å². The van der Waals surface area contributed by atoms with Crippen molar-refractivity contribution in [1.29, 1.82) is 5.26 Å². The van der Waals surface area contributed by atoms with Gasteiger partial charge in [-0.1, -0.05) is 26.2 Å². The van der Waals surface area contributed by atoms with Gasteiger partial charge in [0.2, 0.25) is 0 Å². The number of pyridine rings is 1. The van der Waals surface area contributed by atoms with Crippen molar-refractivity contribution in [3.63, 3.8) is 0 Å². The molecule has 1 heterocycles. The Hall–Kier alpha value is -1.56. The minimum absolute atomic E-state index is 0.411. The lowest BCUT2D eigenvalue weighted by atomic mass is 9.76. The highest BCUT2D eigenvalue weighted by molar-refractivity contribution is 5.39. The highest BCUT2D eigenvalue weighted by Gasteiger charge is 2.26. The van der Waals surface area contributed by atoms with Crippen LogP contribution in [0.1, 0.15) is 44.6 Å². The van der Waals surface area contributed by atoms with Crippen LogP contribution in [0.25, 0.3) is 0 Å². The Morgan fingerprint density at radius 1 is 1.35 bits per heavy atom. The molecule has 0 unspecified atom stereocenters. The normalized spacial score (nSPS) is 18.4. The van der Waals surface area contributed by atoms with E-state index in [4.69, 9.17) is 5.26 Å². The number of hydrogen-bond acceptors (Lipinski definition) is 3. The van der Waals surface area contributed by atoms with E-state index < -0.39 is 0 Å². The van der Waals surface area contributed by atoms with Gasteiger partial charge in [-0.3, -0.25) is 0 Å². The molecular formula is C14H19N3. The molecule has 1 saturated carbocycles. The average Bonchev–Trinajstić information content (AvgIpc) is 2.38.